The second-order valence-electron chi connectivity index (χ2n) is 7.04. The molecule has 1 aliphatic carbocycles. The van der Waals surface area contributed by atoms with Crippen LogP contribution in [0, 0.1) is 25.7 Å². The quantitative estimate of drug-likeness (QED) is 0.921. The molecule has 0 amide bonds. The van der Waals surface area contributed by atoms with Gasteiger partial charge in [0.15, 0.2) is 0 Å². The first-order valence-corrected chi connectivity index (χ1v) is 9.45. The minimum absolute atomic E-state index is 0.103. The summed E-state index contributed by atoms with van der Waals surface area (Å²) in [6.45, 7) is 8.73. The molecule has 0 heterocycles. The van der Waals surface area contributed by atoms with Crippen LogP contribution in [0.3, 0.4) is 0 Å². The van der Waals surface area contributed by atoms with Gasteiger partial charge in [0.2, 0.25) is 0 Å². The minimum Gasteiger partial charge on any atom is -0.327 e. The molecule has 21 heavy (non-hydrogen) atoms. The van der Waals surface area contributed by atoms with Gasteiger partial charge in [-0.3, -0.25) is 4.21 Å². The molecule has 3 heteroatoms. The van der Waals surface area contributed by atoms with E-state index in [-0.39, 0.29) is 11.3 Å². The van der Waals surface area contributed by atoms with E-state index in [1.54, 1.807) is 0 Å². The summed E-state index contributed by atoms with van der Waals surface area (Å²) in [5, 5.41) is 0.159. The Morgan fingerprint density at radius 1 is 1.19 bits per heavy atom. The fraction of sp³-hybridized carbons (Fsp3) is 0.667. The van der Waals surface area contributed by atoms with Gasteiger partial charge in [-0.2, -0.15) is 0 Å². The molecule has 4 unspecified atom stereocenters. The molecule has 2 nitrogen and oxygen atoms in total. The summed E-state index contributed by atoms with van der Waals surface area (Å²) in [7, 11) is -0.866. The molecule has 1 saturated carbocycles. The molecule has 1 aliphatic rings. The van der Waals surface area contributed by atoms with E-state index in [9.17, 15) is 4.21 Å². The largest absolute Gasteiger partial charge is 0.327 e. The van der Waals surface area contributed by atoms with Crippen LogP contribution < -0.4 is 5.73 Å². The van der Waals surface area contributed by atoms with Gasteiger partial charge in [-0.05, 0) is 50.5 Å². The summed E-state index contributed by atoms with van der Waals surface area (Å²) in [6, 6.07) is 6.57. The molecule has 0 aromatic heterocycles. The van der Waals surface area contributed by atoms with Crippen molar-refractivity contribution in [1.29, 1.82) is 0 Å². The lowest BCUT2D eigenvalue weighted by Gasteiger charge is -2.35. The van der Waals surface area contributed by atoms with Crippen LogP contribution >= 0.6 is 0 Å². The molecule has 1 aromatic rings. The van der Waals surface area contributed by atoms with Crippen LogP contribution in [0.1, 0.15) is 49.8 Å². The van der Waals surface area contributed by atoms with E-state index < -0.39 is 10.8 Å². The SMILES string of the molecule is Cc1cc(C)cc(CS(=O)C2CC(C(C)C)CCC2N)c1. The standard InChI is InChI=1S/C18H29NOS/c1-12(2)16-5-6-17(19)18(10-16)21(20)11-15-8-13(3)7-14(4)9-15/h7-9,12,16-18H,5-6,10-11,19H2,1-4H3. The van der Waals surface area contributed by atoms with E-state index in [4.69, 9.17) is 5.73 Å². The maximum absolute atomic E-state index is 12.8. The smallest absolute Gasteiger partial charge is 0.0505 e. The highest BCUT2D eigenvalue weighted by Gasteiger charge is 2.33. The highest BCUT2D eigenvalue weighted by molar-refractivity contribution is 7.84. The zero-order valence-electron chi connectivity index (χ0n) is 13.8. The average molecular weight is 308 g/mol. The zero-order chi connectivity index (χ0) is 15.6. The van der Waals surface area contributed by atoms with Gasteiger partial charge in [0.25, 0.3) is 0 Å². The van der Waals surface area contributed by atoms with Crippen molar-refractivity contribution in [2.24, 2.45) is 17.6 Å². The van der Waals surface area contributed by atoms with Crippen molar-refractivity contribution in [1.82, 2.24) is 0 Å². The monoisotopic (exact) mass is 307 g/mol. The number of aryl methyl sites for hydroxylation is 2. The molecule has 0 spiro atoms. The molecular formula is C18H29NOS. The third kappa shape index (κ3) is 4.40. The Labute approximate surface area is 132 Å². The van der Waals surface area contributed by atoms with Crippen LogP contribution in [-0.4, -0.2) is 15.5 Å². The van der Waals surface area contributed by atoms with E-state index in [1.165, 1.54) is 23.1 Å². The summed E-state index contributed by atoms with van der Waals surface area (Å²) < 4.78 is 12.8. The summed E-state index contributed by atoms with van der Waals surface area (Å²) in [5.74, 6) is 1.99. The highest BCUT2D eigenvalue weighted by Crippen LogP contribution is 2.32. The molecule has 0 bridgehead atoms. The van der Waals surface area contributed by atoms with Gasteiger partial charge >= 0.3 is 0 Å². The third-order valence-corrected chi connectivity index (χ3v) is 6.59. The molecule has 4 atom stereocenters. The van der Waals surface area contributed by atoms with Crippen LogP contribution in [-0.2, 0) is 16.6 Å². The Kier molecular flexibility index (Phi) is 5.61. The number of nitrogens with two attached hydrogens (primary N) is 1. The van der Waals surface area contributed by atoms with E-state index in [2.05, 4.69) is 45.9 Å². The maximum atomic E-state index is 12.8. The number of benzene rings is 1. The highest BCUT2D eigenvalue weighted by atomic mass is 32.2. The molecule has 1 fully saturated rings. The lowest BCUT2D eigenvalue weighted by atomic mass is 9.79. The average Bonchev–Trinajstić information content (AvgIpc) is 2.37. The van der Waals surface area contributed by atoms with E-state index >= 15 is 0 Å². The molecule has 0 radical (unpaired) electrons. The van der Waals surface area contributed by atoms with E-state index in [1.807, 2.05) is 0 Å². The van der Waals surface area contributed by atoms with Crippen molar-refractivity contribution in [2.75, 3.05) is 0 Å². The van der Waals surface area contributed by atoms with Crippen molar-refractivity contribution in [3.05, 3.63) is 34.9 Å². The fourth-order valence-corrected chi connectivity index (χ4v) is 5.21. The fourth-order valence-electron chi connectivity index (χ4n) is 3.51. The van der Waals surface area contributed by atoms with Crippen LogP contribution in [0.2, 0.25) is 0 Å². The zero-order valence-corrected chi connectivity index (χ0v) is 14.6. The molecule has 0 aliphatic heterocycles. The lowest BCUT2D eigenvalue weighted by molar-refractivity contribution is 0.263. The first-order valence-electron chi connectivity index (χ1n) is 8.06. The van der Waals surface area contributed by atoms with Crippen molar-refractivity contribution < 1.29 is 4.21 Å². The van der Waals surface area contributed by atoms with E-state index in [0.29, 0.717) is 17.6 Å². The predicted octanol–water partition coefficient (Wildman–Crippen LogP) is 3.70. The second-order valence-corrected chi connectivity index (χ2v) is 8.70. The van der Waals surface area contributed by atoms with Crippen molar-refractivity contribution >= 4 is 10.8 Å². The Balaban J connectivity index is 2.07. The molecule has 118 valence electrons. The Hall–Kier alpha value is -0.670. The predicted molar refractivity (Wildman–Crippen MR) is 91.7 cm³/mol. The van der Waals surface area contributed by atoms with Crippen LogP contribution in [0.25, 0.3) is 0 Å². The molecule has 2 rings (SSSR count). The van der Waals surface area contributed by atoms with Crippen LogP contribution in [0.4, 0.5) is 0 Å². The second kappa shape index (κ2) is 7.06. The first kappa shape index (κ1) is 16.7. The van der Waals surface area contributed by atoms with E-state index in [0.717, 1.165) is 12.8 Å². The van der Waals surface area contributed by atoms with Gasteiger partial charge < -0.3 is 5.73 Å². The maximum Gasteiger partial charge on any atom is 0.0505 e. The van der Waals surface area contributed by atoms with Crippen molar-refractivity contribution in [3.63, 3.8) is 0 Å². The Morgan fingerprint density at radius 3 is 2.38 bits per heavy atom. The first-order chi connectivity index (χ1) is 9.86. The van der Waals surface area contributed by atoms with Gasteiger partial charge in [-0.25, -0.2) is 0 Å². The molecule has 2 N–H and O–H groups in total. The summed E-state index contributed by atoms with van der Waals surface area (Å²) >= 11 is 0. The van der Waals surface area contributed by atoms with Gasteiger partial charge in [0.1, 0.15) is 0 Å². The summed E-state index contributed by atoms with van der Waals surface area (Å²) in [4.78, 5) is 0. The Bertz CT molecular complexity index is 492. The molecule has 0 saturated heterocycles. The third-order valence-electron chi connectivity index (χ3n) is 4.75. The van der Waals surface area contributed by atoms with Gasteiger partial charge in [0.05, 0.1) is 5.25 Å². The lowest BCUT2D eigenvalue weighted by Crippen LogP contribution is -2.44. The minimum atomic E-state index is -0.866. The van der Waals surface area contributed by atoms with Gasteiger partial charge in [-0.15, -0.1) is 0 Å². The normalized spacial score (nSPS) is 27.8. The number of hydrogen-bond donors (Lipinski definition) is 1. The van der Waals surface area contributed by atoms with Crippen LogP contribution in [0.15, 0.2) is 18.2 Å². The topological polar surface area (TPSA) is 43.1 Å². The Morgan fingerprint density at radius 2 is 1.81 bits per heavy atom. The number of hydrogen-bond acceptors (Lipinski definition) is 2. The van der Waals surface area contributed by atoms with Crippen molar-refractivity contribution in [3.8, 4) is 0 Å². The van der Waals surface area contributed by atoms with Gasteiger partial charge in [0, 0.05) is 22.6 Å². The molecule has 1 aromatic carbocycles. The van der Waals surface area contributed by atoms with Gasteiger partial charge in [-0.1, -0.05) is 43.2 Å². The summed E-state index contributed by atoms with van der Waals surface area (Å²) in [5.41, 5.74) is 9.94. The molecular weight excluding hydrogens is 278 g/mol. The van der Waals surface area contributed by atoms with Crippen molar-refractivity contribution in [2.45, 2.75) is 64.0 Å². The van der Waals surface area contributed by atoms with Crippen LogP contribution in [0.5, 0.6) is 0 Å². The number of rotatable bonds is 4. The summed E-state index contributed by atoms with van der Waals surface area (Å²) in [6.07, 6.45) is 3.23.